The van der Waals surface area contributed by atoms with Gasteiger partial charge >= 0.3 is 6.09 Å². The summed E-state index contributed by atoms with van der Waals surface area (Å²) in [7, 11) is 0. The van der Waals surface area contributed by atoms with Crippen molar-refractivity contribution >= 4 is 17.9 Å². The van der Waals surface area contributed by atoms with Gasteiger partial charge in [0.25, 0.3) is 0 Å². The van der Waals surface area contributed by atoms with Crippen LogP contribution in [0.15, 0.2) is 24.3 Å². The highest BCUT2D eigenvalue weighted by Gasteiger charge is 2.35. The predicted octanol–water partition coefficient (Wildman–Crippen LogP) is 5.42. The Morgan fingerprint density at radius 1 is 0.921 bits per heavy atom. The molecule has 0 saturated carbocycles. The van der Waals surface area contributed by atoms with Gasteiger partial charge in [-0.15, -0.1) is 0 Å². The smallest absolute Gasteiger partial charge is 0.408 e. The number of carbonyl (C=O) groups is 3. The van der Waals surface area contributed by atoms with Crippen molar-refractivity contribution in [3.8, 4) is 0 Å². The van der Waals surface area contributed by atoms with Crippen LogP contribution < -0.4 is 10.6 Å². The summed E-state index contributed by atoms with van der Waals surface area (Å²) in [5.41, 5.74) is 0.982. The second kappa shape index (κ2) is 17.8. The van der Waals surface area contributed by atoms with Crippen LogP contribution in [0.3, 0.4) is 0 Å². The van der Waals surface area contributed by atoms with Gasteiger partial charge < -0.3 is 25.4 Å². The molecule has 0 spiro atoms. The first-order valence-electron chi connectivity index (χ1n) is 14.3. The molecular weight excluding hydrogens is 482 g/mol. The maximum atomic E-state index is 13.8. The molecule has 2 unspecified atom stereocenters. The molecule has 0 saturated heterocycles. The number of aliphatic hydroxyl groups excluding tert-OH is 1. The summed E-state index contributed by atoms with van der Waals surface area (Å²) >= 11 is 0. The fourth-order valence-electron chi connectivity index (χ4n) is 4.17. The van der Waals surface area contributed by atoms with Crippen LogP contribution in [0.5, 0.6) is 0 Å². The van der Waals surface area contributed by atoms with Crippen LogP contribution in [0.25, 0.3) is 0 Å². The molecule has 216 valence electrons. The first kappa shape index (κ1) is 33.4. The van der Waals surface area contributed by atoms with Crippen LogP contribution >= 0.6 is 0 Å². The van der Waals surface area contributed by atoms with Crippen LogP contribution in [0, 0.1) is 6.92 Å². The standard InChI is InChI=1S/C30H51N3O5/c1-7-9-11-12-13-15-21-33(28(36)25(22-34)32-29(37)38-30(4,5)6)26(24-18-16-23(3)17-19-24)27(35)31-20-14-10-8-2/h16-19,25-26,34H,7-15,20-22H2,1-6H3,(H,31,35)(H,32,37). The van der Waals surface area contributed by atoms with Crippen LogP contribution in [-0.2, 0) is 14.3 Å². The summed E-state index contributed by atoms with van der Waals surface area (Å²) in [5.74, 6) is -0.778. The summed E-state index contributed by atoms with van der Waals surface area (Å²) in [6, 6.07) is 5.45. The Morgan fingerprint density at radius 2 is 1.50 bits per heavy atom. The van der Waals surface area contributed by atoms with Gasteiger partial charge in [0.2, 0.25) is 11.8 Å². The fraction of sp³-hybridized carbons (Fsp3) is 0.700. The van der Waals surface area contributed by atoms with Crippen molar-refractivity contribution < 1.29 is 24.2 Å². The number of hydrogen-bond donors (Lipinski definition) is 3. The fourth-order valence-corrected chi connectivity index (χ4v) is 4.17. The van der Waals surface area contributed by atoms with Crippen LogP contribution in [-0.4, -0.2) is 59.3 Å². The van der Waals surface area contributed by atoms with Gasteiger partial charge in [-0.2, -0.15) is 0 Å². The summed E-state index contributed by atoms with van der Waals surface area (Å²) in [6.45, 7) is 11.7. The first-order chi connectivity index (χ1) is 18.0. The molecule has 8 nitrogen and oxygen atoms in total. The molecule has 3 N–H and O–H groups in total. The number of aryl methyl sites for hydroxylation is 1. The van der Waals surface area contributed by atoms with E-state index in [1.807, 2.05) is 31.2 Å². The van der Waals surface area contributed by atoms with Gasteiger partial charge in [-0.3, -0.25) is 9.59 Å². The van der Waals surface area contributed by atoms with Gasteiger partial charge in [0.05, 0.1) is 6.61 Å². The number of alkyl carbamates (subject to hydrolysis) is 1. The SMILES string of the molecule is CCCCCCCCN(C(=O)C(CO)NC(=O)OC(C)(C)C)C(C(=O)NCCCCC)c1ccc(C)cc1. The van der Waals surface area contributed by atoms with Crippen LogP contribution in [0.2, 0.25) is 0 Å². The number of amides is 3. The summed E-state index contributed by atoms with van der Waals surface area (Å²) in [5, 5.41) is 15.6. The third kappa shape index (κ3) is 12.8. The number of carbonyl (C=O) groups excluding carboxylic acids is 3. The Bertz CT molecular complexity index is 835. The number of benzene rings is 1. The van der Waals surface area contributed by atoms with Gasteiger partial charge in [0.1, 0.15) is 17.7 Å². The zero-order valence-corrected chi connectivity index (χ0v) is 24.5. The van der Waals surface area contributed by atoms with Gasteiger partial charge in [-0.1, -0.05) is 88.6 Å². The minimum Gasteiger partial charge on any atom is -0.444 e. The average Bonchev–Trinajstić information content (AvgIpc) is 2.86. The highest BCUT2D eigenvalue weighted by molar-refractivity contribution is 5.92. The minimum absolute atomic E-state index is 0.266. The number of unbranched alkanes of at least 4 members (excludes halogenated alkanes) is 7. The van der Waals surface area contributed by atoms with E-state index in [1.54, 1.807) is 20.8 Å². The number of hydrogen-bond acceptors (Lipinski definition) is 5. The highest BCUT2D eigenvalue weighted by Crippen LogP contribution is 2.24. The largest absolute Gasteiger partial charge is 0.444 e. The molecular formula is C30H51N3O5. The molecule has 1 aromatic rings. The van der Waals surface area contributed by atoms with E-state index in [2.05, 4.69) is 24.5 Å². The summed E-state index contributed by atoms with van der Waals surface area (Å²) in [4.78, 5) is 41.3. The van der Waals surface area contributed by atoms with Gasteiger partial charge in [0.15, 0.2) is 0 Å². The van der Waals surface area contributed by atoms with Crippen molar-refractivity contribution in [2.75, 3.05) is 19.7 Å². The molecule has 0 heterocycles. The van der Waals surface area contributed by atoms with E-state index in [0.717, 1.165) is 50.5 Å². The van der Waals surface area contributed by atoms with Crippen molar-refractivity contribution in [1.29, 1.82) is 0 Å². The zero-order chi connectivity index (χ0) is 28.6. The molecule has 0 radical (unpaired) electrons. The van der Waals surface area contributed by atoms with E-state index >= 15 is 0 Å². The van der Waals surface area contributed by atoms with E-state index in [0.29, 0.717) is 25.1 Å². The lowest BCUT2D eigenvalue weighted by Gasteiger charge is -2.34. The second-order valence-corrected chi connectivity index (χ2v) is 11.0. The van der Waals surface area contributed by atoms with Gasteiger partial charge in [-0.05, 0) is 46.1 Å². The Balaban J connectivity index is 3.26. The third-order valence-electron chi connectivity index (χ3n) is 6.24. The summed E-state index contributed by atoms with van der Waals surface area (Å²) in [6.07, 6.45) is 8.23. The van der Waals surface area contributed by atoms with E-state index in [4.69, 9.17) is 4.74 Å². The molecule has 8 heteroatoms. The minimum atomic E-state index is -1.23. The van der Waals surface area contributed by atoms with E-state index in [-0.39, 0.29) is 5.91 Å². The maximum Gasteiger partial charge on any atom is 0.408 e. The molecule has 0 aliphatic carbocycles. The highest BCUT2D eigenvalue weighted by atomic mass is 16.6. The normalized spacial score (nSPS) is 12.9. The monoisotopic (exact) mass is 533 g/mol. The molecule has 2 atom stereocenters. The number of nitrogens with zero attached hydrogens (tertiary/aromatic N) is 1. The second-order valence-electron chi connectivity index (χ2n) is 11.0. The van der Waals surface area contributed by atoms with Crippen molar-refractivity contribution in [3.05, 3.63) is 35.4 Å². The van der Waals surface area contributed by atoms with Crippen molar-refractivity contribution in [2.45, 2.75) is 117 Å². The molecule has 0 bridgehead atoms. The van der Waals surface area contributed by atoms with E-state index in [1.165, 1.54) is 11.3 Å². The lowest BCUT2D eigenvalue weighted by Crippen LogP contribution is -2.54. The molecule has 0 fully saturated rings. The van der Waals surface area contributed by atoms with Crippen molar-refractivity contribution in [3.63, 3.8) is 0 Å². The molecule has 1 rings (SSSR count). The molecule has 1 aromatic carbocycles. The quantitative estimate of drug-likeness (QED) is 0.232. The number of rotatable bonds is 17. The Labute approximate surface area is 229 Å². The molecule has 0 aliphatic heterocycles. The lowest BCUT2D eigenvalue weighted by atomic mass is 10.0. The first-order valence-corrected chi connectivity index (χ1v) is 14.3. The zero-order valence-electron chi connectivity index (χ0n) is 24.5. The molecule has 0 aliphatic rings. The van der Waals surface area contributed by atoms with Crippen LogP contribution in [0.4, 0.5) is 4.79 Å². The third-order valence-corrected chi connectivity index (χ3v) is 6.24. The number of aliphatic hydroxyl groups is 1. The molecule has 38 heavy (non-hydrogen) atoms. The molecule has 3 amide bonds. The van der Waals surface area contributed by atoms with E-state index < -0.39 is 36.3 Å². The summed E-state index contributed by atoms with van der Waals surface area (Å²) < 4.78 is 5.31. The maximum absolute atomic E-state index is 13.8. The Kier molecular flexibility index (Phi) is 15.7. The Morgan fingerprint density at radius 3 is 2.08 bits per heavy atom. The predicted molar refractivity (Wildman–Crippen MR) is 152 cm³/mol. The lowest BCUT2D eigenvalue weighted by molar-refractivity contribution is -0.143. The topological polar surface area (TPSA) is 108 Å². The van der Waals surface area contributed by atoms with E-state index in [9.17, 15) is 19.5 Å². The number of nitrogens with one attached hydrogen (secondary N) is 2. The van der Waals surface area contributed by atoms with Gasteiger partial charge in [-0.25, -0.2) is 4.79 Å². The van der Waals surface area contributed by atoms with Crippen molar-refractivity contribution in [1.82, 2.24) is 15.5 Å². The van der Waals surface area contributed by atoms with Gasteiger partial charge in [0, 0.05) is 13.1 Å². The van der Waals surface area contributed by atoms with Crippen LogP contribution in [0.1, 0.15) is 110 Å². The molecule has 0 aromatic heterocycles. The Hall–Kier alpha value is -2.61. The average molecular weight is 534 g/mol. The number of ether oxygens (including phenoxy) is 1. The van der Waals surface area contributed by atoms with Crippen molar-refractivity contribution in [2.24, 2.45) is 0 Å².